The van der Waals surface area contributed by atoms with E-state index in [1.165, 1.54) is 12.1 Å². The quantitative estimate of drug-likeness (QED) is 0.815. The number of hydrogen-bond donors (Lipinski definition) is 1. The van der Waals surface area contributed by atoms with Gasteiger partial charge in [0.15, 0.2) is 5.69 Å². The summed E-state index contributed by atoms with van der Waals surface area (Å²) in [6.07, 6.45) is -0.722. The third-order valence-electron chi connectivity index (χ3n) is 5.23. The standard InChI is InChI=1S/C18H19ClF3N5O/c1-10(14-6-11(19)2-5-15(14)18(20,21)22)26-7-12(8-26)23-17(28)16-9-27(25-24-16)13-3-4-13/h2,5-6,9-10,12-13H,3-4,7-8H2,1H3,(H,23,28). The summed E-state index contributed by atoms with van der Waals surface area (Å²) in [4.78, 5) is 14.1. The van der Waals surface area contributed by atoms with Gasteiger partial charge in [-0.3, -0.25) is 9.69 Å². The Kier molecular flexibility index (Phi) is 4.83. The summed E-state index contributed by atoms with van der Waals surface area (Å²) in [5.41, 5.74) is -0.293. The minimum Gasteiger partial charge on any atom is -0.345 e. The molecule has 1 saturated carbocycles. The van der Waals surface area contributed by atoms with E-state index in [4.69, 9.17) is 11.6 Å². The van der Waals surface area contributed by atoms with E-state index in [2.05, 4.69) is 15.6 Å². The molecule has 0 bridgehead atoms. The second-order valence-electron chi connectivity index (χ2n) is 7.34. The second kappa shape index (κ2) is 7.04. The van der Waals surface area contributed by atoms with E-state index >= 15 is 0 Å². The van der Waals surface area contributed by atoms with Gasteiger partial charge in [-0.2, -0.15) is 13.2 Å². The number of alkyl halides is 3. The maximum Gasteiger partial charge on any atom is 0.416 e. The molecule has 1 aliphatic carbocycles. The van der Waals surface area contributed by atoms with Crippen molar-refractivity contribution in [3.8, 4) is 0 Å². The lowest BCUT2D eigenvalue weighted by Crippen LogP contribution is -2.59. The van der Waals surface area contributed by atoms with Gasteiger partial charge in [-0.15, -0.1) is 5.10 Å². The molecule has 4 rings (SSSR count). The average Bonchev–Trinajstić information content (AvgIpc) is 3.32. The van der Waals surface area contributed by atoms with Crippen molar-refractivity contribution >= 4 is 17.5 Å². The highest BCUT2D eigenvalue weighted by atomic mass is 35.5. The molecule has 1 aliphatic heterocycles. The number of nitrogens with one attached hydrogen (secondary N) is 1. The molecule has 150 valence electrons. The zero-order valence-electron chi connectivity index (χ0n) is 15.1. The van der Waals surface area contributed by atoms with Gasteiger partial charge in [0.05, 0.1) is 23.8 Å². The summed E-state index contributed by atoms with van der Waals surface area (Å²) in [7, 11) is 0. The van der Waals surface area contributed by atoms with Gasteiger partial charge in [-0.1, -0.05) is 16.8 Å². The number of rotatable bonds is 5. The fraction of sp³-hybridized carbons (Fsp3) is 0.500. The number of halogens is 4. The molecule has 1 aromatic heterocycles. The van der Waals surface area contributed by atoms with Crippen LogP contribution in [0.2, 0.25) is 5.02 Å². The molecule has 1 N–H and O–H groups in total. The highest BCUT2D eigenvalue weighted by molar-refractivity contribution is 6.30. The zero-order valence-corrected chi connectivity index (χ0v) is 15.8. The fourth-order valence-electron chi connectivity index (χ4n) is 3.41. The van der Waals surface area contributed by atoms with E-state index in [0.717, 1.165) is 18.9 Å². The molecular weight excluding hydrogens is 395 g/mol. The van der Waals surface area contributed by atoms with Crippen LogP contribution < -0.4 is 5.32 Å². The summed E-state index contributed by atoms with van der Waals surface area (Å²) in [6, 6.07) is 3.34. The molecule has 1 aromatic carbocycles. The number of nitrogens with zero attached hydrogens (tertiary/aromatic N) is 4. The van der Waals surface area contributed by atoms with Crippen molar-refractivity contribution in [2.45, 2.75) is 44.1 Å². The molecule has 2 fully saturated rings. The number of carbonyl (C=O) groups is 1. The van der Waals surface area contributed by atoms with Gasteiger partial charge in [0.25, 0.3) is 5.91 Å². The molecule has 10 heteroatoms. The molecule has 2 heterocycles. The molecule has 1 amide bonds. The predicted octanol–water partition coefficient (Wildman–Crippen LogP) is 3.46. The number of likely N-dealkylation sites (tertiary alicyclic amines) is 1. The first kappa shape index (κ1) is 19.2. The van der Waals surface area contributed by atoms with Crippen LogP contribution in [0.4, 0.5) is 13.2 Å². The Balaban J connectivity index is 1.37. The van der Waals surface area contributed by atoms with Crippen molar-refractivity contribution in [1.82, 2.24) is 25.2 Å². The number of aromatic nitrogens is 3. The van der Waals surface area contributed by atoms with Gasteiger partial charge in [0.1, 0.15) is 0 Å². The van der Waals surface area contributed by atoms with Crippen molar-refractivity contribution in [2.24, 2.45) is 0 Å². The minimum atomic E-state index is -4.44. The van der Waals surface area contributed by atoms with Crippen molar-refractivity contribution in [1.29, 1.82) is 0 Å². The summed E-state index contributed by atoms with van der Waals surface area (Å²) < 4.78 is 41.6. The van der Waals surface area contributed by atoms with Crippen LogP contribution >= 0.6 is 11.6 Å². The van der Waals surface area contributed by atoms with E-state index < -0.39 is 17.8 Å². The highest BCUT2D eigenvalue weighted by Gasteiger charge is 2.39. The molecule has 1 unspecified atom stereocenters. The zero-order chi connectivity index (χ0) is 20.1. The van der Waals surface area contributed by atoms with Crippen LogP contribution in [-0.2, 0) is 6.18 Å². The Hall–Kier alpha value is -2.13. The fourth-order valence-corrected chi connectivity index (χ4v) is 3.59. The van der Waals surface area contributed by atoms with E-state index in [1.807, 2.05) is 4.90 Å². The van der Waals surface area contributed by atoms with Gasteiger partial charge in [0, 0.05) is 24.2 Å². The topological polar surface area (TPSA) is 63.1 Å². The smallest absolute Gasteiger partial charge is 0.345 e. The van der Waals surface area contributed by atoms with Crippen LogP contribution in [0.5, 0.6) is 0 Å². The normalized spacial score (nSPS) is 19.3. The SMILES string of the molecule is CC(c1cc(Cl)ccc1C(F)(F)F)N1CC(NC(=O)c2cn(C3CC3)nn2)C1. The Morgan fingerprint density at radius 3 is 2.68 bits per heavy atom. The van der Waals surface area contributed by atoms with Crippen LogP contribution in [-0.4, -0.2) is 44.9 Å². The summed E-state index contributed by atoms with van der Waals surface area (Å²) in [5.74, 6) is -0.317. The molecule has 2 aromatic rings. The van der Waals surface area contributed by atoms with Gasteiger partial charge in [-0.25, -0.2) is 4.68 Å². The van der Waals surface area contributed by atoms with Crippen molar-refractivity contribution in [3.63, 3.8) is 0 Å². The van der Waals surface area contributed by atoms with Crippen LogP contribution in [0, 0.1) is 0 Å². The molecule has 2 aliphatic rings. The lowest BCUT2D eigenvalue weighted by molar-refractivity contribution is -0.139. The van der Waals surface area contributed by atoms with Crippen molar-refractivity contribution in [3.05, 3.63) is 46.2 Å². The monoisotopic (exact) mass is 413 g/mol. The van der Waals surface area contributed by atoms with Gasteiger partial charge in [-0.05, 0) is 43.5 Å². The van der Waals surface area contributed by atoms with Gasteiger partial charge < -0.3 is 5.32 Å². The van der Waals surface area contributed by atoms with Crippen LogP contribution in [0.3, 0.4) is 0 Å². The molecular formula is C18H19ClF3N5O. The van der Waals surface area contributed by atoms with E-state index in [0.29, 0.717) is 19.1 Å². The lowest BCUT2D eigenvalue weighted by atomic mass is 9.96. The molecule has 6 nitrogen and oxygen atoms in total. The maximum atomic E-state index is 13.3. The highest BCUT2D eigenvalue weighted by Crippen LogP contribution is 2.38. The third kappa shape index (κ3) is 3.86. The molecule has 0 radical (unpaired) electrons. The minimum absolute atomic E-state index is 0.136. The number of benzene rings is 1. The van der Waals surface area contributed by atoms with Gasteiger partial charge in [0.2, 0.25) is 0 Å². The second-order valence-corrected chi connectivity index (χ2v) is 7.78. The number of carbonyl (C=O) groups excluding carboxylic acids is 1. The lowest BCUT2D eigenvalue weighted by Gasteiger charge is -2.43. The Morgan fingerprint density at radius 1 is 1.32 bits per heavy atom. The number of hydrogen-bond acceptors (Lipinski definition) is 4. The average molecular weight is 414 g/mol. The van der Waals surface area contributed by atoms with Crippen LogP contribution in [0.25, 0.3) is 0 Å². The summed E-state index contributed by atoms with van der Waals surface area (Å²) in [5, 5.41) is 11.0. The van der Waals surface area contributed by atoms with E-state index in [1.54, 1.807) is 17.8 Å². The Labute approximate surface area is 164 Å². The first-order valence-electron chi connectivity index (χ1n) is 9.06. The number of amides is 1. The van der Waals surface area contributed by atoms with E-state index in [9.17, 15) is 18.0 Å². The van der Waals surface area contributed by atoms with E-state index in [-0.39, 0.29) is 28.2 Å². The molecule has 28 heavy (non-hydrogen) atoms. The molecule has 1 saturated heterocycles. The van der Waals surface area contributed by atoms with Crippen LogP contribution in [0.15, 0.2) is 24.4 Å². The summed E-state index contributed by atoms with van der Waals surface area (Å²) in [6.45, 7) is 2.61. The Morgan fingerprint density at radius 2 is 2.04 bits per heavy atom. The predicted molar refractivity (Wildman–Crippen MR) is 96.0 cm³/mol. The third-order valence-corrected chi connectivity index (χ3v) is 5.46. The van der Waals surface area contributed by atoms with Gasteiger partial charge >= 0.3 is 6.18 Å². The first-order chi connectivity index (χ1) is 13.2. The van der Waals surface area contributed by atoms with Crippen molar-refractivity contribution < 1.29 is 18.0 Å². The molecule has 1 atom stereocenters. The largest absolute Gasteiger partial charge is 0.416 e. The van der Waals surface area contributed by atoms with Crippen molar-refractivity contribution in [2.75, 3.05) is 13.1 Å². The summed E-state index contributed by atoms with van der Waals surface area (Å²) >= 11 is 5.91. The maximum absolute atomic E-state index is 13.3. The molecule has 0 spiro atoms. The van der Waals surface area contributed by atoms with Crippen LogP contribution in [0.1, 0.15) is 53.5 Å². The first-order valence-corrected chi connectivity index (χ1v) is 9.43. The Bertz CT molecular complexity index is 890.